The highest BCUT2D eigenvalue weighted by Crippen LogP contribution is 2.29. The molecule has 1 atom stereocenters. The highest BCUT2D eigenvalue weighted by Gasteiger charge is 2.43. The van der Waals surface area contributed by atoms with Crippen LogP contribution >= 0.6 is 0 Å². The number of hydrogen-bond donors (Lipinski definition) is 1. The lowest BCUT2D eigenvalue weighted by molar-refractivity contribution is -0.221. The Bertz CT molecular complexity index is 537. The summed E-state index contributed by atoms with van der Waals surface area (Å²) in [4.78, 5) is 11.7. The molecule has 1 aromatic rings. The third-order valence-corrected chi connectivity index (χ3v) is 3.04. The lowest BCUT2D eigenvalue weighted by Gasteiger charge is -2.35. The van der Waals surface area contributed by atoms with E-state index in [1.165, 1.54) is 0 Å². The van der Waals surface area contributed by atoms with E-state index in [4.69, 9.17) is 5.11 Å². The van der Waals surface area contributed by atoms with E-state index in [0.29, 0.717) is 12.1 Å². The molecule has 0 amide bonds. The first kappa shape index (κ1) is 15.5. The van der Waals surface area contributed by atoms with E-state index in [9.17, 15) is 26.7 Å². The Kier molecular flexibility index (Phi) is 4.04. The van der Waals surface area contributed by atoms with Crippen molar-refractivity contribution >= 4 is 11.7 Å². The van der Waals surface area contributed by atoms with E-state index in [1.807, 2.05) is 0 Å². The summed E-state index contributed by atoms with van der Waals surface area (Å²) in [6.45, 7) is -0.860. The fraction of sp³-hybridized carbons (Fsp3) is 0.417. The summed E-state index contributed by atoms with van der Waals surface area (Å²) in [5.41, 5.74) is -1.30. The molecule has 2 rings (SSSR count). The Morgan fingerprint density at radius 2 is 1.86 bits per heavy atom. The third-order valence-electron chi connectivity index (χ3n) is 3.04. The largest absolute Gasteiger partial charge is 0.477 e. The van der Waals surface area contributed by atoms with Gasteiger partial charge >= 0.3 is 12.1 Å². The fourth-order valence-electron chi connectivity index (χ4n) is 2.03. The molecule has 1 aliphatic rings. The average molecular weight is 311 g/mol. The van der Waals surface area contributed by atoms with Crippen LogP contribution in [-0.2, 0) is 4.74 Å². The molecule has 0 saturated carbocycles. The summed E-state index contributed by atoms with van der Waals surface area (Å²) < 4.78 is 69.4. The predicted octanol–water partition coefficient (Wildman–Crippen LogP) is 2.43. The zero-order valence-electron chi connectivity index (χ0n) is 10.5. The number of halogens is 5. The number of hydrogen-bond acceptors (Lipinski definition) is 3. The van der Waals surface area contributed by atoms with Crippen LogP contribution in [0.5, 0.6) is 0 Å². The number of anilines is 1. The number of alkyl halides is 3. The minimum absolute atomic E-state index is 0.0118. The maximum Gasteiger partial charge on any atom is 0.416 e. The lowest BCUT2D eigenvalue weighted by atomic mass is 10.1. The van der Waals surface area contributed by atoms with Crippen molar-refractivity contribution in [1.82, 2.24) is 0 Å². The summed E-state index contributed by atoms with van der Waals surface area (Å²) >= 11 is 0. The van der Waals surface area contributed by atoms with Crippen LogP contribution in [0.25, 0.3) is 0 Å². The normalized spacial score (nSPS) is 19.7. The zero-order chi connectivity index (χ0) is 15.8. The second-order valence-electron chi connectivity index (χ2n) is 4.44. The lowest BCUT2D eigenvalue weighted by Crippen LogP contribution is -2.49. The molecule has 0 aromatic heterocycles. The number of carboxylic acids is 1. The van der Waals surface area contributed by atoms with Crippen LogP contribution in [0.15, 0.2) is 12.1 Å². The summed E-state index contributed by atoms with van der Waals surface area (Å²) in [5, 5.41) is 8.63. The molecule has 4 nitrogen and oxygen atoms in total. The van der Waals surface area contributed by atoms with Crippen LogP contribution in [-0.4, -0.2) is 43.1 Å². The van der Waals surface area contributed by atoms with Crippen molar-refractivity contribution in [2.24, 2.45) is 0 Å². The van der Waals surface area contributed by atoms with Crippen LogP contribution in [0.4, 0.5) is 27.6 Å². The summed E-state index contributed by atoms with van der Waals surface area (Å²) in [6, 6.07) is 1.40. The van der Waals surface area contributed by atoms with Crippen LogP contribution < -0.4 is 4.90 Å². The van der Waals surface area contributed by atoms with E-state index < -0.39 is 42.0 Å². The van der Waals surface area contributed by atoms with E-state index in [2.05, 4.69) is 4.74 Å². The molecule has 1 fully saturated rings. The molecule has 9 heteroatoms. The van der Waals surface area contributed by atoms with Crippen molar-refractivity contribution in [3.63, 3.8) is 0 Å². The van der Waals surface area contributed by atoms with Gasteiger partial charge in [-0.05, 0) is 12.1 Å². The molecular formula is C12H10F5NO3. The molecule has 0 radical (unpaired) electrons. The molecule has 1 aromatic carbocycles. The minimum atomic E-state index is -4.59. The van der Waals surface area contributed by atoms with Gasteiger partial charge in [0.1, 0.15) is 17.2 Å². The van der Waals surface area contributed by atoms with Gasteiger partial charge in [0.15, 0.2) is 6.10 Å². The third kappa shape index (κ3) is 3.23. The van der Waals surface area contributed by atoms with Gasteiger partial charge in [-0.1, -0.05) is 0 Å². The first-order valence-corrected chi connectivity index (χ1v) is 5.85. The van der Waals surface area contributed by atoms with Crippen LogP contribution in [0.2, 0.25) is 0 Å². The van der Waals surface area contributed by atoms with Gasteiger partial charge in [-0.2, -0.15) is 13.2 Å². The molecule has 116 valence electrons. The second-order valence-corrected chi connectivity index (χ2v) is 4.44. The topological polar surface area (TPSA) is 49.8 Å². The van der Waals surface area contributed by atoms with E-state index in [0.717, 1.165) is 4.90 Å². The van der Waals surface area contributed by atoms with Gasteiger partial charge in [-0.25, -0.2) is 13.6 Å². The van der Waals surface area contributed by atoms with Crippen molar-refractivity contribution in [3.8, 4) is 0 Å². The highest BCUT2D eigenvalue weighted by atomic mass is 19.4. The Balaban J connectivity index is 2.28. The SMILES string of the molecule is O=C(O)c1c(F)cc(N2CCO[C@H](C(F)(F)F)C2)cc1F. The second kappa shape index (κ2) is 5.47. The number of benzene rings is 1. The minimum Gasteiger partial charge on any atom is -0.477 e. The van der Waals surface area contributed by atoms with Gasteiger partial charge in [0.25, 0.3) is 0 Å². The molecule has 0 aliphatic carbocycles. The number of ether oxygens (including phenoxy) is 1. The molecule has 1 heterocycles. The number of carbonyl (C=O) groups is 1. The maximum absolute atomic E-state index is 13.5. The highest BCUT2D eigenvalue weighted by molar-refractivity contribution is 5.88. The first-order chi connectivity index (χ1) is 9.70. The van der Waals surface area contributed by atoms with Crippen LogP contribution in [0.1, 0.15) is 10.4 Å². The molecule has 0 spiro atoms. The number of morpholine rings is 1. The summed E-state index contributed by atoms with van der Waals surface area (Å²) in [5.74, 6) is -4.47. The van der Waals surface area contributed by atoms with Crippen molar-refractivity contribution in [3.05, 3.63) is 29.3 Å². The number of carboxylic acid groups (broad SMARTS) is 1. The molecule has 1 N–H and O–H groups in total. The van der Waals surface area contributed by atoms with Crippen LogP contribution in [0, 0.1) is 11.6 Å². The monoisotopic (exact) mass is 311 g/mol. The maximum atomic E-state index is 13.5. The van der Waals surface area contributed by atoms with Crippen LogP contribution in [0.3, 0.4) is 0 Å². The van der Waals surface area contributed by atoms with E-state index >= 15 is 0 Å². The number of rotatable bonds is 2. The molecular weight excluding hydrogens is 301 g/mol. The van der Waals surface area contributed by atoms with Gasteiger partial charge in [-0.15, -0.1) is 0 Å². The Labute approximate surface area is 115 Å². The first-order valence-electron chi connectivity index (χ1n) is 5.85. The van der Waals surface area contributed by atoms with E-state index in [-0.39, 0.29) is 18.8 Å². The smallest absolute Gasteiger partial charge is 0.416 e. The van der Waals surface area contributed by atoms with Gasteiger partial charge in [0, 0.05) is 12.2 Å². The van der Waals surface area contributed by atoms with E-state index in [1.54, 1.807) is 0 Å². The number of nitrogens with zero attached hydrogens (tertiary/aromatic N) is 1. The zero-order valence-corrected chi connectivity index (χ0v) is 10.5. The summed E-state index contributed by atoms with van der Waals surface area (Å²) in [7, 11) is 0. The molecule has 1 aliphatic heterocycles. The van der Waals surface area contributed by atoms with Crippen molar-refractivity contribution in [1.29, 1.82) is 0 Å². The standard InChI is InChI=1S/C12H10F5NO3/c13-7-3-6(4-8(14)10(7)11(19)20)18-1-2-21-9(5-18)12(15,16)17/h3-4,9H,1-2,5H2,(H,19,20)/t9-/m0/s1. The van der Waals surface area contributed by atoms with Crippen molar-refractivity contribution in [2.45, 2.75) is 12.3 Å². The fourth-order valence-corrected chi connectivity index (χ4v) is 2.03. The Morgan fingerprint density at radius 1 is 1.29 bits per heavy atom. The average Bonchev–Trinajstić information content (AvgIpc) is 2.36. The van der Waals surface area contributed by atoms with Gasteiger partial charge < -0.3 is 14.7 Å². The molecule has 0 unspecified atom stereocenters. The van der Waals surface area contributed by atoms with Crippen molar-refractivity contribution in [2.75, 3.05) is 24.6 Å². The summed E-state index contributed by atoms with van der Waals surface area (Å²) in [6.07, 6.45) is -6.65. The Morgan fingerprint density at radius 3 is 2.33 bits per heavy atom. The quantitative estimate of drug-likeness (QED) is 0.852. The van der Waals surface area contributed by atoms with Gasteiger partial charge in [0.2, 0.25) is 0 Å². The number of aromatic carboxylic acids is 1. The molecule has 1 saturated heterocycles. The molecule has 21 heavy (non-hydrogen) atoms. The van der Waals surface area contributed by atoms with Crippen molar-refractivity contribution < 1.29 is 36.6 Å². The molecule has 0 bridgehead atoms. The predicted molar refractivity (Wildman–Crippen MR) is 61.3 cm³/mol. The van der Waals surface area contributed by atoms with Gasteiger partial charge in [-0.3, -0.25) is 0 Å². The van der Waals surface area contributed by atoms with Gasteiger partial charge in [0.05, 0.1) is 13.2 Å². The Hall–Kier alpha value is -1.90.